The molecule has 1 aliphatic carbocycles. The number of amides is 1. The molecule has 5 nitrogen and oxygen atoms in total. The van der Waals surface area contributed by atoms with Gasteiger partial charge in [-0.1, -0.05) is 24.4 Å². The van der Waals surface area contributed by atoms with Crippen LogP contribution in [0, 0.1) is 0 Å². The van der Waals surface area contributed by atoms with Crippen LogP contribution in [0.4, 0.5) is 5.69 Å². The van der Waals surface area contributed by atoms with Gasteiger partial charge in [0.2, 0.25) is 10.0 Å². The molecule has 1 aliphatic rings. The molecule has 1 fully saturated rings. The minimum atomic E-state index is -3.55. The Kier molecular flexibility index (Phi) is 5.42. The maximum Gasteiger partial charge on any atom is 0.255 e. The number of hydrogen-bond acceptors (Lipinski definition) is 3. The van der Waals surface area contributed by atoms with Crippen LogP contribution in [0.2, 0.25) is 5.02 Å². The van der Waals surface area contributed by atoms with Crippen LogP contribution < -0.4 is 10.0 Å². The molecule has 132 valence electrons. The lowest BCUT2D eigenvalue weighted by Crippen LogP contribution is -2.32. The first-order valence-electron chi connectivity index (χ1n) is 8.13. The molecule has 1 amide bonds. The van der Waals surface area contributed by atoms with Crippen LogP contribution in [0.5, 0.6) is 0 Å². The van der Waals surface area contributed by atoms with Crippen molar-refractivity contribution < 1.29 is 13.2 Å². The maximum atomic E-state index is 12.4. The summed E-state index contributed by atoms with van der Waals surface area (Å²) in [4.78, 5) is 12.4. The summed E-state index contributed by atoms with van der Waals surface area (Å²) < 4.78 is 27.5. The molecule has 2 N–H and O–H groups in total. The van der Waals surface area contributed by atoms with E-state index in [1.165, 1.54) is 24.3 Å². The Hall–Kier alpha value is -1.89. The predicted octanol–water partition coefficient (Wildman–Crippen LogP) is 3.81. The van der Waals surface area contributed by atoms with Crippen LogP contribution in [0.3, 0.4) is 0 Å². The van der Waals surface area contributed by atoms with E-state index in [2.05, 4.69) is 10.0 Å². The number of anilines is 1. The number of rotatable bonds is 5. The van der Waals surface area contributed by atoms with E-state index in [4.69, 9.17) is 11.6 Å². The summed E-state index contributed by atoms with van der Waals surface area (Å²) in [5.41, 5.74) is 1.00. The molecule has 0 heterocycles. The van der Waals surface area contributed by atoms with Crippen LogP contribution in [-0.4, -0.2) is 20.4 Å². The van der Waals surface area contributed by atoms with Crippen LogP contribution in [0.15, 0.2) is 53.4 Å². The van der Waals surface area contributed by atoms with Gasteiger partial charge in [-0.15, -0.1) is 0 Å². The number of sulfonamides is 1. The van der Waals surface area contributed by atoms with Crippen LogP contribution in [0.1, 0.15) is 36.0 Å². The zero-order valence-corrected chi connectivity index (χ0v) is 15.1. The van der Waals surface area contributed by atoms with Crippen LogP contribution >= 0.6 is 11.6 Å². The predicted molar refractivity (Wildman–Crippen MR) is 98.4 cm³/mol. The second-order valence-corrected chi connectivity index (χ2v) is 8.24. The first-order chi connectivity index (χ1) is 11.9. The summed E-state index contributed by atoms with van der Waals surface area (Å²) in [6.45, 7) is 0. The monoisotopic (exact) mass is 378 g/mol. The van der Waals surface area contributed by atoms with Gasteiger partial charge >= 0.3 is 0 Å². The van der Waals surface area contributed by atoms with Gasteiger partial charge in [0.1, 0.15) is 0 Å². The van der Waals surface area contributed by atoms with E-state index < -0.39 is 10.0 Å². The molecule has 0 saturated heterocycles. The first-order valence-corrected chi connectivity index (χ1v) is 9.99. The van der Waals surface area contributed by atoms with Crippen LogP contribution in [0.25, 0.3) is 0 Å². The average molecular weight is 379 g/mol. The van der Waals surface area contributed by atoms with Gasteiger partial charge < -0.3 is 5.32 Å². The van der Waals surface area contributed by atoms with E-state index in [1.54, 1.807) is 24.3 Å². The topological polar surface area (TPSA) is 75.3 Å². The lowest BCUT2D eigenvalue weighted by atomic mass is 10.2. The average Bonchev–Trinajstić information content (AvgIpc) is 3.09. The molecule has 0 bridgehead atoms. The van der Waals surface area contributed by atoms with Crippen molar-refractivity contribution in [3.8, 4) is 0 Å². The summed E-state index contributed by atoms with van der Waals surface area (Å²) in [6, 6.07) is 12.7. The largest absolute Gasteiger partial charge is 0.322 e. The minimum absolute atomic E-state index is 0.0119. The van der Waals surface area contributed by atoms with E-state index in [1.807, 2.05) is 0 Å². The third-order valence-corrected chi connectivity index (χ3v) is 5.99. The summed E-state index contributed by atoms with van der Waals surface area (Å²) >= 11 is 5.81. The van der Waals surface area contributed by atoms with Gasteiger partial charge in [-0.25, -0.2) is 13.1 Å². The van der Waals surface area contributed by atoms with Crippen LogP contribution in [-0.2, 0) is 10.0 Å². The number of nitrogens with one attached hydrogen (secondary N) is 2. The molecule has 0 unspecified atom stereocenters. The SMILES string of the molecule is O=C(Nc1ccc(Cl)cc1)c1ccc(S(=O)(=O)NC2CCCC2)cc1. The third kappa shape index (κ3) is 4.60. The Balaban J connectivity index is 1.68. The molecule has 3 rings (SSSR count). The number of halogens is 1. The molecule has 1 saturated carbocycles. The summed E-state index contributed by atoms with van der Waals surface area (Å²) in [7, 11) is -3.55. The fourth-order valence-corrected chi connectivity index (χ4v) is 4.28. The highest BCUT2D eigenvalue weighted by atomic mass is 35.5. The number of hydrogen-bond donors (Lipinski definition) is 2. The van der Waals surface area contributed by atoms with Crippen molar-refractivity contribution in [2.75, 3.05) is 5.32 Å². The molecular formula is C18H19ClN2O3S. The van der Waals surface area contributed by atoms with E-state index >= 15 is 0 Å². The van der Waals surface area contributed by atoms with E-state index in [0.29, 0.717) is 16.3 Å². The first kappa shape index (κ1) is 17.9. The Labute approximate surface area is 152 Å². The van der Waals surface area contributed by atoms with Crippen molar-refractivity contribution >= 4 is 33.2 Å². The Bertz CT molecular complexity index is 843. The van der Waals surface area contributed by atoms with Gasteiger partial charge in [0.05, 0.1) is 4.90 Å². The van der Waals surface area contributed by atoms with Crippen molar-refractivity contribution in [3.05, 3.63) is 59.1 Å². The van der Waals surface area contributed by atoms with Gasteiger partial charge in [-0.05, 0) is 61.4 Å². The quantitative estimate of drug-likeness (QED) is 0.830. The van der Waals surface area contributed by atoms with Crippen molar-refractivity contribution in [3.63, 3.8) is 0 Å². The zero-order chi connectivity index (χ0) is 17.9. The smallest absolute Gasteiger partial charge is 0.255 e. The normalized spacial score (nSPS) is 15.2. The van der Waals surface area contributed by atoms with Crippen molar-refractivity contribution in [1.82, 2.24) is 4.72 Å². The minimum Gasteiger partial charge on any atom is -0.322 e. The molecule has 0 aromatic heterocycles. The van der Waals surface area contributed by atoms with Crippen molar-refractivity contribution in [1.29, 1.82) is 0 Å². The van der Waals surface area contributed by atoms with Gasteiger partial charge in [-0.2, -0.15) is 0 Å². The molecule has 7 heteroatoms. The Morgan fingerprint density at radius 2 is 1.56 bits per heavy atom. The molecular weight excluding hydrogens is 360 g/mol. The molecule has 0 aliphatic heterocycles. The second-order valence-electron chi connectivity index (χ2n) is 6.09. The Morgan fingerprint density at radius 3 is 2.16 bits per heavy atom. The number of benzene rings is 2. The highest BCUT2D eigenvalue weighted by Crippen LogP contribution is 2.21. The molecule has 0 spiro atoms. The zero-order valence-electron chi connectivity index (χ0n) is 13.5. The van der Waals surface area contributed by atoms with Gasteiger partial charge in [0, 0.05) is 22.3 Å². The highest BCUT2D eigenvalue weighted by molar-refractivity contribution is 7.89. The molecule has 0 atom stereocenters. The van der Waals surface area contributed by atoms with Crippen molar-refractivity contribution in [2.45, 2.75) is 36.6 Å². The fourth-order valence-electron chi connectivity index (χ4n) is 2.85. The molecule has 2 aromatic rings. The maximum absolute atomic E-state index is 12.4. The standard InChI is InChI=1S/C18H19ClN2O3S/c19-14-7-9-15(10-8-14)20-18(22)13-5-11-17(12-6-13)25(23,24)21-16-3-1-2-4-16/h5-12,16,21H,1-4H2,(H,20,22). The Morgan fingerprint density at radius 1 is 0.960 bits per heavy atom. The van der Waals surface area contributed by atoms with E-state index in [9.17, 15) is 13.2 Å². The van der Waals surface area contributed by atoms with Crippen molar-refractivity contribution in [2.24, 2.45) is 0 Å². The molecule has 0 radical (unpaired) electrons. The van der Waals surface area contributed by atoms with Gasteiger partial charge in [-0.3, -0.25) is 4.79 Å². The molecule has 2 aromatic carbocycles. The fraction of sp³-hybridized carbons (Fsp3) is 0.278. The molecule has 25 heavy (non-hydrogen) atoms. The van der Waals surface area contributed by atoms with E-state index in [0.717, 1.165) is 25.7 Å². The third-order valence-electron chi connectivity index (χ3n) is 4.21. The lowest BCUT2D eigenvalue weighted by Gasteiger charge is -2.13. The highest BCUT2D eigenvalue weighted by Gasteiger charge is 2.23. The lowest BCUT2D eigenvalue weighted by molar-refractivity contribution is 0.102. The van der Waals surface area contributed by atoms with Gasteiger partial charge in [0.25, 0.3) is 5.91 Å². The summed E-state index contributed by atoms with van der Waals surface area (Å²) in [6.07, 6.45) is 3.86. The number of carbonyl (C=O) groups is 1. The second kappa shape index (κ2) is 7.56. The van der Waals surface area contributed by atoms with Gasteiger partial charge in [0.15, 0.2) is 0 Å². The number of carbonyl (C=O) groups excluding carboxylic acids is 1. The summed E-state index contributed by atoms with van der Waals surface area (Å²) in [5, 5.41) is 3.33. The van der Waals surface area contributed by atoms with E-state index in [-0.39, 0.29) is 16.8 Å². The summed E-state index contributed by atoms with van der Waals surface area (Å²) in [5.74, 6) is -0.310.